The van der Waals surface area contributed by atoms with Crippen LogP contribution >= 0.6 is 0 Å². The zero-order valence-corrected chi connectivity index (χ0v) is 18.0. The van der Waals surface area contributed by atoms with Crippen molar-refractivity contribution in [3.05, 3.63) is 75.0 Å². The maximum absolute atomic E-state index is 13.0. The molecule has 138 valence electrons. The van der Waals surface area contributed by atoms with E-state index < -0.39 is 20.4 Å². The Morgan fingerprint density at radius 1 is 0.655 bits per heavy atom. The summed E-state index contributed by atoms with van der Waals surface area (Å²) in [6, 6.07) is 13.8. The van der Waals surface area contributed by atoms with Gasteiger partial charge in [-0.3, -0.25) is 9.59 Å². The van der Waals surface area contributed by atoms with Gasteiger partial charge in [0.2, 0.25) is 0 Å². The van der Waals surface area contributed by atoms with Gasteiger partial charge in [0.25, 0.3) is 0 Å². The van der Waals surface area contributed by atoms with Gasteiger partial charge in [0.15, 0.2) is 10.9 Å². The molecule has 0 fully saturated rings. The van der Waals surface area contributed by atoms with E-state index in [9.17, 15) is 22.6 Å². The number of nitrogens with one attached hydrogen (secondary N) is 2. The maximum Gasteiger partial charge on any atom is 1.00 e. The summed E-state index contributed by atoms with van der Waals surface area (Å²) in [6.45, 7) is 0. The molecule has 5 rings (SSSR count). The zero-order valence-electron chi connectivity index (χ0n) is 15.1. The normalized spacial score (nSPS) is 11.9. The topological polar surface area (TPSA) is 123 Å². The molecule has 5 aromatic rings. The van der Waals surface area contributed by atoms with E-state index >= 15 is 0 Å². The van der Waals surface area contributed by atoms with Gasteiger partial charge in [0.1, 0.15) is 10.1 Å². The predicted molar refractivity (Wildman–Crippen MR) is 106 cm³/mol. The number of aromatic amines is 2. The SMILES string of the molecule is O=c1c2ccccc2[nH]c2cc3c(=O)c4cc(S(=O)(=O)[O-])ccc4[nH]c3cc12.[Na+]. The van der Waals surface area contributed by atoms with Crippen LogP contribution in [0.5, 0.6) is 0 Å². The fourth-order valence-electron chi connectivity index (χ4n) is 3.53. The Morgan fingerprint density at radius 3 is 1.79 bits per heavy atom. The van der Waals surface area contributed by atoms with Crippen molar-refractivity contribution in [1.29, 1.82) is 0 Å². The summed E-state index contributed by atoms with van der Waals surface area (Å²) in [5.74, 6) is 0. The number of aromatic nitrogens is 2. The van der Waals surface area contributed by atoms with Crippen LogP contribution in [0.4, 0.5) is 0 Å². The molecule has 0 saturated heterocycles. The van der Waals surface area contributed by atoms with Crippen molar-refractivity contribution in [1.82, 2.24) is 9.97 Å². The first-order chi connectivity index (χ1) is 13.3. The summed E-state index contributed by atoms with van der Waals surface area (Å²) < 4.78 is 33.8. The molecule has 2 heterocycles. The molecule has 0 saturated carbocycles. The van der Waals surface area contributed by atoms with E-state index in [4.69, 9.17) is 0 Å². The molecule has 7 nitrogen and oxygen atoms in total. The summed E-state index contributed by atoms with van der Waals surface area (Å²) in [4.78, 5) is 31.5. The van der Waals surface area contributed by atoms with E-state index in [1.54, 1.807) is 36.4 Å². The molecule has 0 aliphatic carbocycles. The Bertz CT molecular complexity index is 1690. The van der Waals surface area contributed by atoms with Crippen LogP contribution in [0.15, 0.2) is 69.1 Å². The standard InChI is InChI=1S/C20H12N2O5S.Na/c23-19-11-3-1-2-4-15(11)21-17-9-14-18(8-13(17)19)22-16-6-5-10(28(25,26)27)7-12(16)20(14)24;/h1-9H,(H,21,23)(H,22,24)(H,25,26,27);/q;+1/p-1. The van der Waals surface area contributed by atoms with Crippen molar-refractivity contribution in [2.75, 3.05) is 0 Å². The van der Waals surface area contributed by atoms with Crippen molar-refractivity contribution in [3.8, 4) is 0 Å². The molecular weight excluding hydrogens is 403 g/mol. The van der Waals surface area contributed by atoms with Crippen LogP contribution in [0.1, 0.15) is 0 Å². The summed E-state index contributed by atoms with van der Waals surface area (Å²) in [5.41, 5.74) is 1.39. The third kappa shape index (κ3) is 3.09. The van der Waals surface area contributed by atoms with Crippen LogP contribution in [-0.2, 0) is 10.1 Å². The van der Waals surface area contributed by atoms with Crippen LogP contribution in [0, 0.1) is 0 Å². The summed E-state index contributed by atoms with van der Waals surface area (Å²) in [7, 11) is -4.68. The van der Waals surface area contributed by atoms with Gasteiger partial charge in [-0.25, -0.2) is 8.42 Å². The fourth-order valence-corrected chi connectivity index (χ4v) is 4.03. The number of benzene rings is 3. The van der Waals surface area contributed by atoms with Crippen molar-refractivity contribution in [3.63, 3.8) is 0 Å². The maximum atomic E-state index is 13.0. The van der Waals surface area contributed by atoms with Crippen molar-refractivity contribution in [2.24, 2.45) is 0 Å². The number of hydrogen-bond donors (Lipinski definition) is 2. The van der Waals surface area contributed by atoms with Gasteiger partial charge in [0.05, 0.1) is 15.9 Å². The summed E-state index contributed by atoms with van der Waals surface area (Å²) in [5, 5.41) is 1.35. The molecule has 0 aliphatic heterocycles. The number of fused-ring (bicyclic) bond motifs is 4. The number of para-hydroxylation sites is 1. The molecule has 0 spiro atoms. The first-order valence-electron chi connectivity index (χ1n) is 8.33. The molecule has 9 heteroatoms. The van der Waals surface area contributed by atoms with E-state index in [1.807, 2.05) is 0 Å². The zero-order chi connectivity index (χ0) is 19.6. The second kappa shape index (κ2) is 6.79. The average Bonchev–Trinajstić information content (AvgIpc) is 2.67. The minimum atomic E-state index is -4.68. The van der Waals surface area contributed by atoms with Crippen LogP contribution in [0.2, 0.25) is 0 Å². The molecule has 0 atom stereocenters. The van der Waals surface area contributed by atoms with Gasteiger partial charge in [0, 0.05) is 32.6 Å². The Kier molecular flexibility index (Phi) is 4.64. The number of hydrogen-bond acceptors (Lipinski definition) is 5. The quantitative estimate of drug-likeness (QED) is 0.219. The van der Waals surface area contributed by atoms with Crippen molar-refractivity contribution < 1.29 is 42.5 Å². The summed E-state index contributed by atoms with van der Waals surface area (Å²) in [6.07, 6.45) is 0. The number of H-pyrrole nitrogens is 2. The van der Waals surface area contributed by atoms with Crippen LogP contribution < -0.4 is 40.4 Å². The monoisotopic (exact) mass is 414 g/mol. The van der Waals surface area contributed by atoms with E-state index in [0.29, 0.717) is 32.8 Å². The number of pyridine rings is 2. The van der Waals surface area contributed by atoms with Gasteiger partial charge in [-0.2, -0.15) is 0 Å². The molecular formula is C20H11N2NaO5S. The third-order valence-electron chi connectivity index (χ3n) is 4.88. The number of rotatable bonds is 1. The van der Waals surface area contributed by atoms with E-state index in [-0.39, 0.29) is 45.8 Å². The van der Waals surface area contributed by atoms with Crippen LogP contribution in [0.25, 0.3) is 43.6 Å². The van der Waals surface area contributed by atoms with E-state index in [0.717, 1.165) is 12.1 Å². The van der Waals surface area contributed by atoms with E-state index in [2.05, 4.69) is 9.97 Å². The minimum absolute atomic E-state index is 0. The van der Waals surface area contributed by atoms with E-state index in [1.165, 1.54) is 6.07 Å². The first-order valence-corrected chi connectivity index (χ1v) is 9.74. The molecule has 0 bridgehead atoms. The Labute approximate surface area is 185 Å². The molecule has 0 unspecified atom stereocenters. The molecule has 0 aliphatic rings. The molecule has 0 radical (unpaired) electrons. The molecule has 2 N–H and O–H groups in total. The van der Waals surface area contributed by atoms with Gasteiger partial charge < -0.3 is 14.5 Å². The van der Waals surface area contributed by atoms with Crippen LogP contribution in [0.3, 0.4) is 0 Å². The largest absolute Gasteiger partial charge is 1.00 e. The average molecular weight is 414 g/mol. The van der Waals surface area contributed by atoms with Gasteiger partial charge in [-0.05, 0) is 42.5 Å². The second-order valence-electron chi connectivity index (χ2n) is 6.56. The minimum Gasteiger partial charge on any atom is -0.744 e. The van der Waals surface area contributed by atoms with Crippen molar-refractivity contribution in [2.45, 2.75) is 4.90 Å². The Hall–Kier alpha value is -2.49. The second-order valence-corrected chi connectivity index (χ2v) is 7.94. The van der Waals surface area contributed by atoms with Crippen molar-refractivity contribution >= 4 is 53.7 Å². The molecule has 3 aromatic carbocycles. The molecule has 2 aromatic heterocycles. The smallest absolute Gasteiger partial charge is 0.744 e. The summed E-state index contributed by atoms with van der Waals surface area (Å²) >= 11 is 0. The fraction of sp³-hybridized carbons (Fsp3) is 0. The predicted octanol–water partition coefficient (Wildman–Crippen LogP) is -0.416. The first kappa shape index (κ1) is 19.8. The van der Waals surface area contributed by atoms with Gasteiger partial charge in [-0.1, -0.05) is 12.1 Å². The van der Waals surface area contributed by atoms with Gasteiger partial charge in [-0.15, -0.1) is 0 Å². The third-order valence-corrected chi connectivity index (χ3v) is 5.71. The van der Waals surface area contributed by atoms with Crippen LogP contribution in [-0.4, -0.2) is 22.9 Å². The van der Waals surface area contributed by atoms with Gasteiger partial charge >= 0.3 is 29.6 Å². The Balaban J connectivity index is 0.00000205. The Morgan fingerprint density at radius 2 is 1.17 bits per heavy atom. The molecule has 29 heavy (non-hydrogen) atoms. The molecule has 0 amide bonds.